The summed E-state index contributed by atoms with van der Waals surface area (Å²) >= 11 is 0. The Balaban J connectivity index is 2.30. The van der Waals surface area contributed by atoms with Gasteiger partial charge in [-0.1, -0.05) is 0 Å². The summed E-state index contributed by atoms with van der Waals surface area (Å²) in [6.45, 7) is -0.285. The summed E-state index contributed by atoms with van der Waals surface area (Å²) in [6.07, 6.45) is 2.81. The van der Waals surface area contributed by atoms with E-state index in [4.69, 9.17) is 0 Å². The molecule has 0 aliphatic rings. The maximum atomic E-state index is 11.5. The van der Waals surface area contributed by atoms with Crippen LogP contribution in [0.5, 0.6) is 0 Å². The molecule has 3 nitrogen and oxygen atoms in total. The van der Waals surface area contributed by atoms with Crippen molar-refractivity contribution in [1.82, 2.24) is 15.4 Å². The number of aromatic amines is 1. The van der Waals surface area contributed by atoms with Crippen molar-refractivity contribution < 1.29 is 4.39 Å². The second kappa shape index (κ2) is 3.17. The Morgan fingerprint density at radius 3 is 3.11 bits per heavy atom. The first-order valence-corrected chi connectivity index (χ1v) is 2.84. The third-order valence-corrected chi connectivity index (χ3v) is 1.03. The van der Waals surface area contributed by atoms with Crippen LogP contribution in [-0.2, 0) is 6.42 Å². The molecule has 1 N–H and O–H groups in total. The zero-order valence-corrected chi connectivity index (χ0v) is 4.97. The molecule has 0 aliphatic carbocycles. The van der Waals surface area contributed by atoms with Crippen molar-refractivity contribution in [1.29, 1.82) is 0 Å². The van der Waals surface area contributed by atoms with Crippen LogP contribution in [0.1, 0.15) is 12.1 Å². The minimum atomic E-state index is -0.285. The lowest BCUT2D eigenvalue weighted by atomic mass is 10.3. The summed E-state index contributed by atoms with van der Waals surface area (Å²) < 4.78 is 11.5. The largest absolute Gasteiger partial charge is 0.251 e. The molecule has 0 aliphatic heterocycles. The summed E-state index contributed by atoms with van der Waals surface area (Å²) in [5.74, 6) is 0. The Kier molecular flexibility index (Phi) is 2.18. The van der Waals surface area contributed by atoms with Gasteiger partial charge in [0.05, 0.1) is 18.6 Å². The standard InChI is InChI=1S/C5H8FN3/c6-3-1-2-5-4-7-9-8-5/h4H,1-3H2,(H,7,8,9). The van der Waals surface area contributed by atoms with Gasteiger partial charge in [0.25, 0.3) is 0 Å². The van der Waals surface area contributed by atoms with E-state index in [9.17, 15) is 4.39 Å². The topological polar surface area (TPSA) is 41.6 Å². The predicted molar refractivity (Wildman–Crippen MR) is 30.7 cm³/mol. The van der Waals surface area contributed by atoms with Crippen molar-refractivity contribution in [2.75, 3.05) is 6.67 Å². The van der Waals surface area contributed by atoms with E-state index in [0.717, 1.165) is 5.69 Å². The number of halogens is 1. The summed E-state index contributed by atoms with van der Waals surface area (Å²) in [4.78, 5) is 0. The maximum absolute atomic E-state index is 11.5. The summed E-state index contributed by atoms with van der Waals surface area (Å²) in [5, 5.41) is 9.78. The molecular formula is C5H8FN3. The van der Waals surface area contributed by atoms with Gasteiger partial charge in [0.2, 0.25) is 0 Å². The van der Waals surface area contributed by atoms with Crippen molar-refractivity contribution in [3.63, 3.8) is 0 Å². The lowest BCUT2D eigenvalue weighted by Gasteiger charge is -1.86. The van der Waals surface area contributed by atoms with Crippen molar-refractivity contribution in [3.8, 4) is 0 Å². The number of nitrogens with one attached hydrogen (secondary N) is 1. The highest BCUT2D eigenvalue weighted by Gasteiger charge is 1.93. The van der Waals surface area contributed by atoms with Gasteiger partial charge in [-0.05, 0) is 12.8 Å². The van der Waals surface area contributed by atoms with Crippen molar-refractivity contribution >= 4 is 0 Å². The van der Waals surface area contributed by atoms with Crippen LogP contribution in [0, 0.1) is 0 Å². The van der Waals surface area contributed by atoms with E-state index in [1.807, 2.05) is 0 Å². The van der Waals surface area contributed by atoms with Crippen LogP contribution >= 0.6 is 0 Å². The summed E-state index contributed by atoms with van der Waals surface area (Å²) in [5.41, 5.74) is 0.827. The number of alkyl halides is 1. The number of hydrogen-bond donors (Lipinski definition) is 1. The van der Waals surface area contributed by atoms with E-state index in [0.29, 0.717) is 12.8 Å². The molecule has 0 aromatic carbocycles. The first-order chi connectivity index (χ1) is 4.43. The highest BCUT2D eigenvalue weighted by atomic mass is 19.1. The maximum Gasteiger partial charge on any atom is 0.0898 e. The van der Waals surface area contributed by atoms with Gasteiger partial charge in [-0.25, -0.2) is 0 Å². The minimum absolute atomic E-state index is 0.285. The molecule has 0 unspecified atom stereocenters. The molecule has 0 atom stereocenters. The van der Waals surface area contributed by atoms with E-state index in [-0.39, 0.29) is 6.67 Å². The van der Waals surface area contributed by atoms with Crippen molar-refractivity contribution in [2.24, 2.45) is 0 Å². The lowest BCUT2D eigenvalue weighted by molar-refractivity contribution is 0.471. The molecule has 0 spiro atoms. The number of hydrogen-bond acceptors (Lipinski definition) is 2. The fraction of sp³-hybridized carbons (Fsp3) is 0.600. The second-order valence-electron chi connectivity index (χ2n) is 1.75. The predicted octanol–water partition coefficient (Wildman–Crippen LogP) is 0.707. The fourth-order valence-corrected chi connectivity index (χ4v) is 0.594. The van der Waals surface area contributed by atoms with Gasteiger partial charge in [0.1, 0.15) is 0 Å². The van der Waals surface area contributed by atoms with Crippen LogP contribution in [0.25, 0.3) is 0 Å². The van der Waals surface area contributed by atoms with E-state index in [1.54, 1.807) is 6.20 Å². The quantitative estimate of drug-likeness (QED) is 0.652. The molecule has 1 rings (SSSR count). The number of aryl methyl sites for hydroxylation is 1. The van der Waals surface area contributed by atoms with Gasteiger partial charge in [-0.15, -0.1) is 0 Å². The van der Waals surface area contributed by atoms with Crippen LogP contribution in [0.15, 0.2) is 6.20 Å². The third-order valence-electron chi connectivity index (χ3n) is 1.03. The zero-order valence-electron chi connectivity index (χ0n) is 4.97. The molecular weight excluding hydrogens is 121 g/mol. The molecule has 1 heterocycles. The first-order valence-electron chi connectivity index (χ1n) is 2.84. The normalized spacial score (nSPS) is 9.89. The van der Waals surface area contributed by atoms with Gasteiger partial charge in [0.15, 0.2) is 0 Å². The van der Waals surface area contributed by atoms with E-state index >= 15 is 0 Å². The smallest absolute Gasteiger partial charge is 0.0898 e. The number of H-pyrrole nitrogens is 1. The zero-order chi connectivity index (χ0) is 6.53. The average molecular weight is 129 g/mol. The van der Waals surface area contributed by atoms with Gasteiger partial charge < -0.3 is 0 Å². The molecule has 0 bridgehead atoms. The summed E-state index contributed by atoms with van der Waals surface area (Å²) in [6, 6.07) is 0. The molecule has 0 amide bonds. The van der Waals surface area contributed by atoms with Crippen LogP contribution in [0.4, 0.5) is 4.39 Å². The van der Waals surface area contributed by atoms with E-state index < -0.39 is 0 Å². The molecule has 1 aromatic heterocycles. The molecule has 0 radical (unpaired) electrons. The Morgan fingerprint density at radius 1 is 1.67 bits per heavy atom. The Morgan fingerprint density at radius 2 is 2.56 bits per heavy atom. The fourth-order valence-electron chi connectivity index (χ4n) is 0.594. The van der Waals surface area contributed by atoms with Gasteiger partial charge in [0, 0.05) is 0 Å². The van der Waals surface area contributed by atoms with Gasteiger partial charge in [-0.2, -0.15) is 15.4 Å². The Hall–Kier alpha value is -0.930. The average Bonchev–Trinajstić information content (AvgIpc) is 2.34. The Labute approximate surface area is 52.3 Å². The minimum Gasteiger partial charge on any atom is -0.251 e. The van der Waals surface area contributed by atoms with Crippen LogP contribution in [-0.4, -0.2) is 22.1 Å². The molecule has 9 heavy (non-hydrogen) atoms. The summed E-state index contributed by atoms with van der Waals surface area (Å²) in [7, 11) is 0. The van der Waals surface area contributed by atoms with E-state index in [2.05, 4.69) is 15.4 Å². The van der Waals surface area contributed by atoms with Crippen LogP contribution in [0.3, 0.4) is 0 Å². The number of aromatic nitrogens is 3. The highest BCUT2D eigenvalue weighted by Crippen LogP contribution is 1.94. The molecule has 50 valence electrons. The lowest BCUT2D eigenvalue weighted by Crippen LogP contribution is -1.85. The van der Waals surface area contributed by atoms with Gasteiger partial charge >= 0.3 is 0 Å². The number of nitrogens with zero attached hydrogens (tertiary/aromatic N) is 2. The molecule has 0 fully saturated rings. The Bertz CT molecular complexity index is 149. The molecule has 0 saturated carbocycles. The van der Waals surface area contributed by atoms with Gasteiger partial charge in [-0.3, -0.25) is 4.39 Å². The van der Waals surface area contributed by atoms with Crippen LogP contribution < -0.4 is 0 Å². The highest BCUT2D eigenvalue weighted by molar-refractivity contribution is 4.89. The van der Waals surface area contributed by atoms with Crippen molar-refractivity contribution in [3.05, 3.63) is 11.9 Å². The van der Waals surface area contributed by atoms with E-state index in [1.165, 1.54) is 0 Å². The SMILES string of the molecule is FCCCc1cn[nH]n1. The molecule has 4 heteroatoms. The number of rotatable bonds is 3. The monoisotopic (exact) mass is 129 g/mol. The molecule has 1 aromatic rings. The molecule has 0 saturated heterocycles. The first kappa shape index (κ1) is 6.19. The van der Waals surface area contributed by atoms with Crippen LogP contribution in [0.2, 0.25) is 0 Å². The third kappa shape index (κ3) is 1.79. The second-order valence-corrected chi connectivity index (χ2v) is 1.75. The van der Waals surface area contributed by atoms with Crippen molar-refractivity contribution in [2.45, 2.75) is 12.8 Å².